The van der Waals surface area contributed by atoms with Crippen LogP contribution < -0.4 is 19.1 Å². The van der Waals surface area contributed by atoms with E-state index in [1.165, 1.54) is 36.4 Å². The number of ether oxygens (including phenoxy) is 1. The van der Waals surface area contributed by atoms with Crippen molar-refractivity contribution in [1.82, 2.24) is 0 Å². The molecule has 178 valence electrons. The molecule has 1 heterocycles. The molecule has 4 rings (SSSR count). The molecular weight excluding hydrogens is 502 g/mol. The lowest BCUT2D eigenvalue weighted by atomic mass is 10.2. The number of benzene rings is 3. The van der Waals surface area contributed by atoms with Crippen LogP contribution in [0, 0.1) is 0 Å². The first kappa shape index (κ1) is 23.9. The second-order valence-electron chi connectivity index (χ2n) is 7.49. The predicted molar refractivity (Wildman–Crippen MR) is 130 cm³/mol. The van der Waals surface area contributed by atoms with Gasteiger partial charge in [-0.1, -0.05) is 23.7 Å². The van der Waals surface area contributed by atoms with Crippen molar-refractivity contribution in [1.29, 1.82) is 0 Å². The fourth-order valence-corrected chi connectivity index (χ4v) is 5.42. The highest BCUT2D eigenvalue weighted by Crippen LogP contribution is 2.34. The number of sulfonamides is 2. The van der Waals surface area contributed by atoms with Gasteiger partial charge in [0.2, 0.25) is 10.0 Å². The number of carbonyl (C=O) groups is 1. The van der Waals surface area contributed by atoms with Gasteiger partial charge in [0.25, 0.3) is 15.9 Å². The van der Waals surface area contributed by atoms with E-state index in [1.807, 2.05) is 0 Å². The van der Waals surface area contributed by atoms with Crippen molar-refractivity contribution < 1.29 is 26.4 Å². The van der Waals surface area contributed by atoms with Crippen LogP contribution in [0.3, 0.4) is 0 Å². The van der Waals surface area contributed by atoms with E-state index < -0.39 is 32.1 Å². The van der Waals surface area contributed by atoms with E-state index in [0.717, 1.165) is 10.6 Å². The maximum absolute atomic E-state index is 12.8. The minimum Gasteiger partial charge on any atom is -0.476 e. The number of nitrogens with one attached hydrogen (secondary N) is 2. The lowest BCUT2D eigenvalue weighted by molar-refractivity contribution is -0.122. The second-order valence-corrected chi connectivity index (χ2v) is 11.5. The highest BCUT2D eigenvalue weighted by atomic mass is 35.5. The monoisotopic (exact) mass is 521 g/mol. The number of nitrogens with zero attached hydrogens (tertiary/aromatic N) is 1. The average Bonchev–Trinajstić information content (AvgIpc) is 2.79. The van der Waals surface area contributed by atoms with Gasteiger partial charge in [0.15, 0.2) is 6.10 Å². The number of anilines is 3. The van der Waals surface area contributed by atoms with Crippen LogP contribution in [0.25, 0.3) is 0 Å². The second kappa shape index (κ2) is 9.16. The molecule has 2 N–H and O–H groups in total. The summed E-state index contributed by atoms with van der Waals surface area (Å²) in [5, 5.41) is 3.11. The van der Waals surface area contributed by atoms with E-state index in [2.05, 4.69) is 10.0 Å². The lowest BCUT2D eigenvalue weighted by Gasteiger charge is -2.33. The number of halogens is 1. The Labute approximate surface area is 202 Å². The number of amides is 1. The van der Waals surface area contributed by atoms with E-state index in [1.54, 1.807) is 36.4 Å². The molecule has 0 aliphatic carbocycles. The molecule has 0 unspecified atom stereocenters. The molecule has 0 saturated carbocycles. The summed E-state index contributed by atoms with van der Waals surface area (Å²) in [4.78, 5) is 12.8. The SMILES string of the molecule is CS(=O)(=O)N1C[C@H](C(=O)Nc2ccc(S(=O)(=O)Nc3ccc(Cl)cc3)cc2)Oc2ccccc21. The number of hydrogen-bond acceptors (Lipinski definition) is 6. The van der Waals surface area contributed by atoms with Gasteiger partial charge in [-0.2, -0.15) is 0 Å². The summed E-state index contributed by atoms with van der Waals surface area (Å²) in [5.74, 6) is -0.299. The number of rotatable bonds is 6. The molecule has 12 heteroatoms. The molecule has 0 radical (unpaired) electrons. The highest BCUT2D eigenvalue weighted by molar-refractivity contribution is 7.92. The van der Waals surface area contributed by atoms with E-state index in [0.29, 0.717) is 22.1 Å². The molecule has 1 aliphatic rings. The van der Waals surface area contributed by atoms with Crippen LogP contribution in [0.4, 0.5) is 17.1 Å². The fourth-order valence-electron chi connectivity index (χ4n) is 3.33. The minimum absolute atomic E-state index is 0.00783. The summed E-state index contributed by atoms with van der Waals surface area (Å²) < 4.78 is 58.9. The minimum atomic E-state index is -3.85. The number of fused-ring (bicyclic) bond motifs is 1. The van der Waals surface area contributed by atoms with Gasteiger partial charge < -0.3 is 10.1 Å². The van der Waals surface area contributed by atoms with Crippen LogP contribution in [0.2, 0.25) is 5.02 Å². The summed E-state index contributed by atoms with van der Waals surface area (Å²) in [6, 6.07) is 18.3. The zero-order valence-corrected chi connectivity index (χ0v) is 20.2. The van der Waals surface area contributed by atoms with Crippen LogP contribution in [-0.4, -0.2) is 41.6 Å². The van der Waals surface area contributed by atoms with Crippen LogP contribution in [0.15, 0.2) is 77.7 Å². The quantitative estimate of drug-likeness (QED) is 0.513. The number of hydrogen-bond donors (Lipinski definition) is 2. The van der Waals surface area contributed by atoms with Crippen LogP contribution in [0.5, 0.6) is 5.75 Å². The van der Waals surface area contributed by atoms with Crippen LogP contribution in [0.1, 0.15) is 0 Å². The molecular formula is C22H20ClN3O6S2. The summed E-state index contributed by atoms with van der Waals surface area (Å²) in [6.07, 6.45) is -0.0407. The highest BCUT2D eigenvalue weighted by Gasteiger charge is 2.34. The summed E-state index contributed by atoms with van der Waals surface area (Å²) in [6.45, 7) is -0.195. The zero-order chi connectivity index (χ0) is 24.5. The Morgan fingerprint density at radius 2 is 1.56 bits per heavy atom. The van der Waals surface area contributed by atoms with Crippen molar-refractivity contribution in [3.8, 4) is 5.75 Å². The van der Waals surface area contributed by atoms with Crippen molar-refractivity contribution in [3.05, 3.63) is 77.8 Å². The van der Waals surface area contributed by atoms with E-state index >= 15 is 0 Å². The van der Waals surface area contributed by atoms with Gasteiger partial charge in [-0.3, -0.25) is 13.8 Å². The molecule has 3 aromatic rings. The molecule has 0 bridgehead atoms. The van der Waals surface area contributed by atoms with Gasteiger partial charge in [0, 0.05) is 16.4 Å². The predicted octanol–water partition coefficient (Wildman–Crippen LogP) is 3.31. The molecule has 0 saturated heterocycles. The van der Waals surface area contributed by atoms with Crippen molar-refractivity contribution in [3.63, 3.8) is 0 Å². The molecule has 3 aromatic carbocycles. The summed E-state index contributed by atoms with van der Waals surface area (Å²) >= 11 is 5.82. The van der Waals surface area contributed by atoms with Gasteiger partial charge in [-0.05, 0) is 60.7 Å². The first-order valence-electron chi connectivity index (χ1n) is 9.96. The van der Waals surface area contributed by atoms with Gasteiger partial charge in [0.1, 0.15) is 5.75 Å². The number of carbonyl (C=O) groups excluding carboxylic acids is 1. The maximum Gasteiger partial charge on any atom is 0.267 e. The molecule has 0 aromatic heterocycles. The molecule has 1 aliphatic heterocycles. The van der Waals surface area contributed by atoms with Gasteiger partial charge >= 0.3 is 0 Å². The first-order valence-corrected chi connectivity index (χ1v) is 13.7. The van der Waals surface area contributed by atoms with E-state index in [-0.39, 0.29) is 17.2 Å². The molecule has 34 heavy (non-hydrogen) atoms. The topological polar surface area (TPSA) is 122 Å². The van der Waals surface area contributed by atoms with Crippen molar-refractivity contribution >= 4 is 54.6 Å². The molecule has 0 spiro atoms. The van der Waals surface area contributed by atoms with Gasteiger partial charge in [-0.25, -0.2) is 16.8 Å². The Morgan fingerprint density at radius 3 is 2.21 bits per heavy atom. The normalized spacial score (nSPS) is 15.7. The summed E-state index contributed by atoms with van der Waals surface area (Å²) in [5.41, 5.74) is 1.03. The Morgan fingerprint density at radius 1 is 0.941 bits per heavy atom. The Balaban J connectivity index is 1.47. The average molecular weight is 522 g/mol. The third-order valence-corrected chi connectivity index (χ3v) is 7.75. The third kappa shape index (κ3) is 5.27. The van der Waals surface area contributed by atoms with E-state index in [4.69, 9.17) is 16.3 Å². The Hall–Kier alpha value is -3.28. The maximum atomic E-state index is 12.8. The zero-order valence-electron chi connectivity index (χ0n) is 17.8. The lowest BCUT2D eigenvalue weighted by Crippen LogP contribution is -2.48. The smallest absolute Gasteiger partial charge is 0.267 e. The van der Waals surface area contributed by atoms with Gasteiger partial charge in [0.05, 0.1) is 23.4 Å². The van der Waals surface area contributed by atoms with Crippen LogP contribution in [-0.2, 0) is 24.8 Å². The number of para-hydroxylation sites is 2. The standard InChI is InChI=1S/C22H20ClN3O6S2/c1-33(28,29)26-14-21(32-20-5-3-2-4-19(20)26)22(27)24-16-10-12-18(13-11-16)34(30,31)25-17-8-6-15(23)7-9-17/h2-13,21,25H,14H2,1H3,(H,24,27)/t21-/m1/s1. The Bertz CT molecular complexity index is 1430. The largest absolute Gasteiger partial charge is 0.476 e. The first-order chi connectivity index (χ1) is 16.0. The van der Waals surface area contributed by atoms with Crippen molar-refractivity contribution in [2.75, 3.05) is 27.1 Å². The van der Waals surface area contributed by atoms with E-state index in [9.17, 15) is 21.6 Å². The summed E-state index contributed by atoms with van der Waals surface area (Å²) in [7, 11) is -7.49. The molecule has 9 nitrogen and oxygen atoms in total. The van der Waals surface area contributed by atoms with Crippen molar-refractivity contribution in [2.24, 2.45) is 0 Å². The Kier molecular flexibility index (Phi) is 6.43. The molecule has 1 amide bonds. The van der Waals surface area contributed by atoms with Crippen LogP contribution >= 0.6 is 11.6 Å². The molecule has 1 atom stereocenters. The fraction of sp³-hybridized carbons (Fsp3) is 0.136. The third-order valence-electron chi connectivity index (χ3n) is 4.96. The van der Waals surface area contributed by atoms with Gasteiger partial charge in [-0.15, -0.1) is 0 Å². The van der Waals surface area contributed by atoms with Crippen molar-refractivity contribution in [2.45, 2.75) is 11.0 Å². The molecule has 0 fully saturated rings.